The summed E-state index contributed by atoms with van der Waals surface area (Å²) in [6.07, 6.45) is -3.48. The van der Waals surface area contributed by atoms with E-state index < -0.39 is 18.7 Å². The molecule has 2 fully saturated rings. The number of aromatic nitrogens is 1. The molecule has 2 aliphatic heterocycles. The van der Waals surface area contributed by atoms with Crippen molar-refractivity contribution in [2.75, 3.05) is 50.7 Å². The molecule has 0 spiro atoms. The topological polar surface area (TPSA) is 42.8 Å². The first-order valence-corrected chi connectivity index (χ1v) is 8.79. The van der Waals surface area contributed by atoms with Gasteiger partial charge in [0.15, 0.2) is 0 Å². The van der Waals surface area contributed by atoms with Gasteiger partial charge in [0.1, 0.15) is 5.82 Å². The SMILES string of the molecule is O[C@H]1CN(CCCC(F)(F)F)C[C@@H]1N1CCN(c2ccccn2)CC1. The summed E-state index contributed by atoms with van der Waals surface area (Å²) < 4.78 is 36.8. The normalized spacial score (nSPS) is 26.3. The van der Waals surface area contributed by atoms with E-state index in [4.69, 9.17) is 0 Å². The molecule has 0 saturated carbocycles. The van der Waals surface area contributed by atoms with Crippen molar-refractivity contribution in [3.63, 3.8) is 0 Å². The van der Waals surface area contributed by atoms with E-state index in [1.165, 1.54) is 0 Å². The molecule has 2 saturated heterocycles. The van der Waals surface area contributed by atoms with Gasteiger partial charge < -0.3 is 10.0 Å². The van der Waals surface area contributed by atoms with Gasteiger partial charge in [-0.15, -0.1) is 0 Å². The van der Waals surface area contributed by atoms with Crippen LogP contribution in [0.15, 0.2) is 24.4 Å². The minimum atomic E-state index is -4.10. The molecule has 0 radical (unpaired) electrons. The number of halogens is 3. The Balaban J connectivity index is 1.45. The number of nitrogens with zero attached hydrogens (tertiary/aromatic N) is 4. The van der Waals surface area contributed by atoms with Gasteiger partial charge in [-0.25, -0.2) is 4.98 Å². The van der Waals surface area contributed by atoms with E-state index in [-0.39, 0.29) is 12.5 Å². The fraction of sp³-hybridized carbons (Fsp3) is 0.706. The molecule has 0 aliphatic carbocycles. The summed E-state index contributed by atoms with van der Waals surface area (Å²) in [5.74, 6) is 0.961. The number of aliphatic hydroxyl groups is 1. The lowest BCUT2D eigenvalue weighted by atomic mass is 10.1. The fourth-order valence-corrected chi connectivity index (χ4v) is 3.71. The maximum Gasteiger partial charge on any atom is 0.389 e. The summed E-state index contributed by atoms with van der Waals surface area (Å²) in [7, 11) is 0. The van der Waals surface area contributed by atoms with E-state index >= 15 is 0 Å². The third kappa shape index (κ3) is 5.05. The minimum Gasteiger partial charge on any atom is -0.390 e. The highest BCUT2D eigenvalue weighted by Crippen LogP contribution is 2.24. The largest absolute Gasteiger partial charge is 0.390 e. The number of anilines is 1. The maximum atomic E-state index is 12.3. The van der Waals surface area contributed by atoms with Crippen LogP contribution in [0.3, 0.4) is 0 Å². The zero-order valence-corrected chi connectivity index (χ0v) is 14.2. The highest BCUT2D eigenvalue weighted by molar-refractivity contribution is 5.38. The Morgan fingerprint density at radius 1 is 1.12 bits per heavy atom. The number of β-amino-alcohol motifs (C(OH)–C–C–N with tert-alkyl or cyclic N) is 1. The Morgan fingerprint density at radius 2 is 1.88 bits per heavy atom. The second-order valence-electron chi connectivity index (χ2n) is 6.82. The Bertz CT molecular complexity index is 534. The minimum absolute atomic E-state index is 0.0109. The molecule has 8 heteroatoms. The Kier molecular flexibility index (Phi) is 5.81. The third-order valence-corrected chi connectivity index (χ3v) is 5.03. The lowest BCUT2D eigenvalue weighted by Gasteiger charge is -2.39. The number of aliphatic hydroxyl groups excluding tert-OH is 1. The van der Waals surface area contributed by atoms with Crippen LogP contribution in [0.2, 0.25) is 0 Å². The molecule has 5 nitrogen and oxygen atoms in total. The van der Waals surface area contributed by atoms with Gasteiger partial charge in [-0.3, -0.25) is 9.80 Å². The molecule has 0 amide bonds. The molecule has 0 unspecified atom stereocenters. The molecule has 1 N–H and O–H groups in total. The van der Waals surface area contributed by atoms with Gasteiger partial charge in [0, 0.05) is 57.9 Å². The average molecular weight is 358 g/mol. The number of pyridine rings is 1. The molecule has 0 aromatic carbocycles. The van der Waals surface area contributed by atoms with Crippen LogP contribution in [0.25, 0.3) is 0 Å². The molecular weight excluding hydrogens is 333 g/mol. The van der Waals surface area contributed by atoms with E-state index in [1.807, 2.05) is 23.1 Å². The van der Waals surface area contributed by atoms with E-state index in [1.54, 1.807) is 6.20 Å². The molecule has 3 rings (SSSR count). The summed E-state index contributed by atoms with van der Waals surface area (Å²) in [4.78, 5) is 10.8. The summed E-state index contributed by atoms with van der Waals surface area (Å²) in [6, 6.07) is 5.86. The molecular formula is C17H25F3N4O. The van der Waals surface area contributed by atoms with Gasteiger partial charge in [-0.1, -0.05) is 6.07 Å². The van der Waals surface area contributed by atoms with Crippen molar-refractivity contribution < 1.29 is 18.3 Å². The predicted octanol–water partition coefficient (Wildman–Crippen LogP) is 1.59. The molecule has 2 atom stereocenters. The van der Waals surface area contributed by atoms with Gasteiger partial charge in [0.2, 0.25) is 0 Å². The predicted molar refractivity (Wildman–Crippen MR) is 89.5 cm³/mol. The molecule has 2 aliphatic rings. The summed E-state index contributed by atoms with van der Waals surface area (Å²) in [5, 5.41) is 10.3. The summed E-state index contributed by atoms with van der Waals surface area (Å²) in [6.45, 7) is 4.83. The van der Waals surface area contributed by atoms with E-state index in [0.717, 1.165) is 32.0 Å². The number of hydrogen-bond acceptors (Lipinski definition) is 5. The van der Waals surface area contributed by atoms with Crippen LogP contribution in [0.1, 0.15) is 12.8 Å². The van der Waals surface area contributed by atoms with Crippen molar-refractivity contribution >= 4 is 5.82 Å². The first-order valence-electron chi connectivity index (χ1n) is 8.79. The summed E-state index contributed by atoms with van der Waals surface area (Å²) >= 11 is 0. The monoisotopic (exact) mass is 358 g/mol. The van der Waals surface area contributed by atoms with E-state index in [0.29, 0.717) is 19.6 Å². The van der Waals surface area contributed by atoms with Gasteiger partial charge in [-0.2, -0.15) is 13.2 Å². The standard InChI is InChI=1S/C17H25F3N4O/c18-17(19,20)5-3-7-22-12-14(15(25)13-22)23-8-10-24(11-9-23)16-4-1-2-6-21-16/h1-2,4,6,14-15,25H,3,5,7-13H2/t14-,15-/m0/s1. The van der Waals surface area contributed by atoms with Crippen molar-refractivity contribution in [1.82, 2.24) is 14.8 Å². The van der Waals surface area contributed by atoms with Gasteiger partial charge >= 0.3 is 6.18 Å². The Morgan fingerprint density at radius 3 is 2.52 bits per heavy atom. The molecule has 0 bridgehead atoms. The molecule has 1 aromatic heterocycles. The molecule has 140 valence electrons. The number of likely N-dealkylation sites (tertiary alicyclic amines) is 1. The van der Waals surface area contributed by atoms with Crippen molar-refractivity contribution in [2.24, 2.45) is 0 Å². The highest BCUT2D eigenvalue weighted by Gasteiger charge is 2.37. The van der Waals surface area contributed by atoms with Crippen molar-refractivity contribution in [2.45, 2.75) is 31.2 Å². The zero-order valence-electron chi connectivity index (χ0n) is 14.2. The van der Waals surface area contributed by atoms with Gasteiger partial charge in [-0.05, 0) is 25.1 Å². The zero-order chi connectivity index (χ0) is 17.9. The number of piperazine rings is 1. The number of hydrogen-bond donors (Lipinski definition) is 1. The third-order valence-electron chi connectivity index (χ3n) is 5.03. The van der Waals surface area contributed by atoms with Crippen molar-refractivity contribution in [1.29, 1.82) is 0 Å². The van der Waals surface area contributed by atoms with Gasteiger partial charge in [0.25, 0.3) is 0 Å². The average Bonchev–Trinajstić information content (AvgIpc) is 2.95. The number of rotatable bonds is 5. The second kappa shape index (κ2) is 7.88. The Hall–Kier alpha value is -1.38. The first-order chi connectivity index (χ1) is 11.9. The Labute approximate surface area is 146 Å². The van der Waals surface area contributed by atoms with E-state index in [9.17, 15) is 18.3 Å². The van der Waals surface area contributed by atoms with Crippen LogP contribution >= 0.6 is 0 Å². The molecule has 1 aromatic rings. The fourth-order valence-electron chi connectivity index (χ4n) is 3.71. The van der Waals surface area contributed by atoms with Crippen LogP contribution < -0.4 is 4.90 Å². The quantitative estimate of drug-likeness (QED) is 0.866. The van der Waals surface area contributed by atoms with Crippen LogP contribution in [0.4, 0.5) is 19.0 Å². The van der Waals surface area contributed by atoms with Crippen LogP contribution in [-0.4, -0.2) is 84.0 Å². The van der Waals surface area contributed by atoms with Crippen molar-refractivity contribution in [3.8, 4) is 0 Å². The van der Waals surface area contributed by atoms with Crippen molar-refractivity contribution in [3.05, 3.63) is 24.4 Å². The lowest BCUT2D eigenvalue weighted by Crippen LogP contribution is -2.54. The number of alkyl halides is 3. The molecule has 3 heterocycles. The van der Waals surface area contributed by atoms with E-state index in [2.05, 4.69) is 14.8 Å². The van der Waals surface area contributed by atoms with Crippen LogP contribution in [0, 0.1) is 0 Å². The summed E-state index contributed by atoms with van der Waals surface area (Å²) in [5.41, 5.74) is 0. The second-order valence-corrected chi connectivity index (χ2v) is 6.82. The van der Waals surface area contributed by atoms with Crippen LogP contribution in [0.5, 0.6) is 0 Å². The lowest BCUT2D eigenvalue weighted by molar-refractivity contribution is -0.136. The smallest absolute Gasteiger partial charge is 0.389 e. The highest BCUT2D eigenvalue weighted by atomic mass is 19.4. The first kappa shape index (κ1) is 18.4. The van der Waals surface area contributed by atoms with Gasteiger partial charge in [0.05, 0.1) is 6.10 Å². The maximum absolute atomic E-state index is 12.3. The van der Waals surface area contributed by atoms with Crippen LogP contribution in [-0.2, 0) is 0 Å². The molecule has 25 heavy (non-hydrogen) atoms.